The minimum absolute atomic E-state index is 1.08. The van der Waals surface area contributed by atoms with Crippen LogP contribution >= 0.6 is 0 Å². The summed E-state index contributed by atoms with van der Waals surface area (Å²) in [6, 6.07) is 87.9. The van der Waals surface area contributed by atoms with E-state index in [1.54, 1.807) is 0 Å². The average Bonchev–Trinajstić information content (AvgIpc) is 3.67. The second-order valence-corrected chi connectivity index (χ2v) is 15.3. The summed E-state index contributed by atoms with van der Waals surface area (Å²) in [6.45, 7) is 0. The minimum Gasteiger partial charge on any atom is -0.309 e. The van der Waals surface area contributed by atoms with Crippen molar-refractivity contribution >= 4 is 49.6 Å². The molecule has 1 aromatic heterocycles. The van der Waals surface area contributed by atoms with Gasteiger partial charge in [-0.15, -0.1) is 0 Å². The fourth-order valence-electron chi connectivity index (χ4n) is 9.08. The Morgan fingerprint density at radius 1 is 0.300 bits per heavy atom. The normalized spacial score (nSPS) is 11.3. The van der Waals surface area contributed by atoms with Gasteiger partial charge in [0.2, 0.25) is 0 Å². The molecule has 0 radical (unpaired) electrons. The van der Waals surface area contributed by atoms with Gasteiger partial charge in [0.25, 0.3) is 0 Å². The summed E-state index contributed by atoms with van der Waals surface area (Å²) in [4.78, 5) is 2.46. The van der Waals surface area contributed by atoms with E-state index in [1.807, 2.05) is 0 Å². The van der Waals surface area contributed by atoms with Crippen LogP contribution in [0.1, 0.15) is 0 Å². The van der Waals surface area contributed by atoms with Crippen molar-refractivity contribution in [1.82, 2.24) is 4.57 Å². The number of nitrogens with zero attached hydrogens (tertiary/aromatic N) is 2. The molecule has 282 valence electrons. The summed E-state index contributed by atoms with van der Waals surface area (Å²) in [6.07, 6.45) is 0. The summed E-state index contributed by atoms with van der Waals surface area (Å²) in [5, 5.41) is 4.91. The molecule has 0 aliphatic heterocycles. The van der Waals surface area contributed by atoms with Crippen molar-refractivity contribution in [3.63, 3.8) is 0 Å². The van der Waals surface area contributed by atoms with E-state index in [0.717, 1.165) is 28.3 Å². The van der Waals surface area contributed by atoms with Gasteiger partial charge in [-0.05, 0) is 92.9 Å². The monoisotopic (exact) mass is 764 g/mol. The Balaban J connectivity index is 1.11. The summed E-state index contributed by atoms with van der Waals surface area (Å²) < 4.78 is 2.39. The molecule has 0 fully saturated rings. The molecule has 0 N–H and O–H groups in total. The van der Waals surface area contributed by atoms with E-state index in [0.29, 0.717) is 0 Å². The molecular formula is C58H40N2. The zero-order valence-corrected chi connectivity index (χ0v) is 33.0. The molecule has 0 amide bonds. The summed E-state index contributed by atoms with van der Waals surface area (Å²) in [5.74, 6) is 0. The predicted octanol–water partition coefficient (Wildman–Crippen LogP) is 16.1. The van der Waals surface area contributed by atoms with Crippen LogP contribution in [0.25, 0.3) is 82.8 Å². The van der Waals surface area contributed by atoms with Crippen LogP contribution in [0.3, 0.4) is 0 Å². The summed E-state index contributed by atoms with van der Waals surface area (Å²) >= 11 is 0. The Kier molecular flexibility index (Phi) is 8.87. The van der Waals surface area contributed by atoms with Gasteiger partial charge in [0, 0.05) is 33.1 Å². The maximum absolute atomic E-state index is 2.46. The first kappa shape index (κ1) is 35.2. The molecule has 0 aliphatic carbocycles. The third-order valence-electron chi connectivity index (χ3n) is 11.8. The third kappa shape index (κ3) is 6.14. The number of benzene rings is 10. The molecule has 0 saturated heterocycles. The highest BCUT2D eigenvalue weighted by Crippen LogP contribution is 2.49. The van der Waals surface area contributed by atoms with Gasteiger partial charge in [-0.25, -0.2) is 0 Å². The molecule has 0 atom stereocenters. The number of aromatic nitrogens is 1. The van der Waals surface area contributed by atoms with Crippen molar-refractivity contribution in [3.8, 4) is 50.2 Å². The van der Waals surface area contributed by atoms with Crippen molar-refractivity contribution in [3.05, 3.63) is 243 Å². The van der Waals surface area contributed by atoms with E-state index in [4.69, 9.17) is 0 Å². The van der Waals surface area contributed by atoms with Crippen LogP contribution in [0.5, 0.6) is 0 Å². The van der Waals surface area contributed by atoms with Gasteiger partial charge in [-0.1, -0.05) is 194 Å². The molecular weight excluding hydrogens is 725 g/mol. The van der Waals surface area contributed by atoms with Gasteiger partial charge in [-0.2, -0.15) is 0 Å². The van der Waals surface area contributed by atoms with Gasteiger partial charge in [0.15, 0.2) is 0 Å². The third-order valence-corrected chi connectivity index (χ3v) is 11.8. The Morgan fingerprint density at radius 2 is 0.800 bits per heavy atom. The van der Waals surface area contributed by atoms with Gasteiger partial charge in [0.05, 0.1) is 22.4 Å². The van der Waals surface area contributed by atoms with E-state index in [2.05, 4.69) is 252 Å². The quantitative estimate of drug-likeness (QED) is 0.150. The van der Waals surface area contributed by atoms with Crippen LogP contribution in [0.4, 0.5) is 17.1 Å². The van der Waals surface area contributed by atoms with Crippen LogP contribution < -0.4 is 4.90 Å². The molecule has 2 nitrogen and oxygen atoms in total. The summed E-state index contributed by atoms with van der Waals surface area (Å²) in [5.41, 5.74) is 16.3. The highest BCUT2D eigenvalue weighted by atomic mass is 15.1. The number of hydrogen-bond acceptors (Lipinski definition) is 1. The van der Waals surface area contributed by atoms with Crippen molar-refractivity contribution in [2.24, 2.45) is 0 Å². The molecule has 1 heterocycles. The zero-order valence-electron chi connectivity index (χ0n) is 33.0. The largest absolute Gasteiger partial charge is 0.309 e. The van der Waals surface area contributed by atoms with Gasteiger partial charge >= 0.3 is 0 Å². The molecule has 0 bridgehead atoms. The molecule has 11 rings (SSSR count). The lowest BCUT2D eigenvalue weighted by Crippen LogP contribution is -2.12. The van der Waals surface area contributed by atoms with Crippen molar-refractivity contribution in [2.45, 2.75) is 0 Å². The van der Waals surface area contributed by atoms with Crippen LogP contribution in [0, 0.1) is 0 Å². The minimum atomic E-state index is 1.08. The van der Waals surface area contributed by atoms with Gasteiger partial charge < -0.3 is 9.47 Å². The highest BCUT2D eigenvalue weighted by Gasteiger charge is 2.24. The molecule has 0 aliphatic rings. The first-order chi connectivity index (χ1) is 29.8. The fraction of sp³-hybridized carbons (Fsp3) is 0. The number of para-hydroxylation sites is 2. The van der Waals surface area contributed by atoms with E-state index >= 15 is 0 Å². The topological polar surface area (TPSA) is 8.17 Å². The Morgan fingerprint density at radius 3 is 1.52 bits per heavy atom. The number of rotatable bonds is 8. The van der Waals surface area contributed by atoms with Gasteiger partial charge in [-0.3, -0.25) is 0 Å². The number of anilines is 3. The van der Waals surface area contributed by atoms with Crippen LogP contribution in [-0.4, -0.2) is 4.57 Å². The van der Waals surface area contributed by atoms with Crippen LogP contribution in [0.2, 0.25) is 0 Å². The Labute approximate surface area is 350 Å². The maximum atomic E-state index is 2.46. The molecule has 11 aromatic rings. The lowest BCUT2D eigenvalue weighted by molar-refractivity contribution is 1.18. The zero-order chi connectivity index (χ0) is 39.8. The smallest absolute Gasteiger partial charge is 0.0546 e. The van der Waals surface area contributed by atoms with Crippen molar-refractivity contribution in [2.75, 3.05) is 4.90 Å². The van der Waals surface area contributed by atoms with Crippen LogP contribution in [-0.2, 0) is 0 Å². The lowest BCUT2D eigenvalue weighted by Gasteiger charge is -2.31. The van der Waals surface area contributed by atoms with E-state index in [9.17, 15) is 0 Å². The SMILES string of the molecule is c1ccc(-c2ccccc2-c2c(-c3ccccc3)cccc2N(c2ccc(-c3cccc(-n4c5ccccc5c5ccccc54)c3)cc2)c2cccc3ccccc23)cc1. The molecule has 2 heteroatoms. The Hall–Kier alpha value is -7.94. The second kappa shape index (κ2) is 15.1. The van der Waals surface area contributed by atoms with E-state index in [-0.39, 0.29) is 0 Å². The average molecular weight is 765 g/mol. The molecule has 60 heavy (non-hydrogen) atoms. The maximum Gasteiger partial charge on any atom is 0.0546 e. The highest BCUT2D eigenvalue weighted by molar-refractivity contribution is 6.09. The number of fused-ring (bicyclic) bond motifs is 4. The fourth-order valence-corrected chi connectivity index (χ4v) is 9.08. The first-order valence-electron chi connectivity index (χ1n) is 20.6. The molecule has 0 spiro atoms. The summed E-state index contributed by atoms with van der Waals surface area (Å²) in [7, 11) is 0. The second-order valence-electron chi connectivity index (χ2n) is 15.3. The molecule has 10 aromatic carbocycles. The Bertz CT molecular complexity index is 3250. The van der Waals surface area contributed by atoms with E-state index in [1.165, 1.54) is 71.5 Å². The molecule has 0 unspecified atom stereocenters. The van der Waals surface area contributed by atoms with Crippen LogP contribution in [0.15, 0.2) is 243 Å². The van der Waals surface area contributed by atoms with Gasteiger partial charge in [0.1, 0.15) is 0 Å². The van der Waals surface area contributed by atoms with E-state index < -0.39 is 0 Å². The van der Waals surface area contributed by atoms with Crippen molar-refractivity contribution in [1.29, 1.82) is 0 Å². The standard InChI is InChI=1S/C58H40N2/c1-3-18-42(19-4-1)48-26-9-10-30-53(48)58-50(44-20-5-2-6-21-44)31-17-35-57(58)59(54-34-16-23-43-22-7-8-27-49(43)54)46-38-36-41(37-39-46)45-24-15-25-47(40-45)60-55-32-13-11-28-51(55)52-29-12-14-33-56(52)60/h1-40H. The predicted molar refractivity (Wildman–Crippen MR) is 255 cm³/mol. The molecule has 0 saturated carbocycles. The first-order valence-corrected chi connectivity index (χ1v) is 20.6. The lowest BCUT2D eigenvalue weighted by atomic mass is 9.87. The van der Waals surface area contributed by atoms with Crippen molar-refractivity contribution < 1.29 is 0 Å². The number of hydrogen-bond donors (Lipinski definition) is 0.